The summed E-state index contributed by atoms with van der Waals surface area (Å²) in [6, 6.07) is 15.0. The van der Waals surface area contributed by atoms with Crippen molar-refractivity contribution in [2.24, 2.45) is 5.92 Å². The van der Waals surface area contributed by atoms with Crippen molar-refractivity contribution >= 4 is 34.3 Å². The van der Waals surface area contributed by atoms with Crippen LogP contribution in [-0.2, 0) is 11.2 Å². The Morgan fingerprint density at radius 3 is 2.41 bits per heavy atom. The lowest BCUT2D eigenvalue weighted by Crippen LogP contribution is -2.35. The average molecular weight is 571 g/mol. The van der Waals surface area contributed by atoms with Crippen molar-refractivity contribution < 1.29 is 31.9 Å². The van der Waals surface area contributed by atoms with Crippen molar-refractivity contribution in [1.82, 2.24) is 15.0 Å². The number of rotatable bonds is 5. The number of aliphatic carboxylic acids is 1. The number of carbonyl (C=O) groups is 1. The summed E-state index contributed by atoms with van der Waals surface area (Å²) in [4.78, 5) is 24.9. The van der Waals surface area contributed by atoms with E-state index in [4.69, 9.17) is 19.9 Å². The van der Waals surface area contributed by atoms with Gasteiger partial charge in [0, 0.05) is 25.4 Å². The number of carboxylic acids is 1. The zero-order valence-electron chi connectivity index (χ0n) is 21.4. The van der Waals surface area contributed by atoms with Crippen molar-refractivity contribution in [3.05, 3.63) is 83.7 Å². The highest BCUT2D eigenvalue weighted by molar-refractivity contribution is 5.83. The van der Waals surface area contributed by atoms with E-state index in [-0.39, 0.29) is 0 Å². The highest BCUT2D eigenvalue weighted by Crippen LogP contribution is 2.32. The van der Waals surface area contributed by atoms with Gasteiger partial charge in [0.15, 0.2) is 11.6 Å². The van der Waals surface area contributed by atoms with Crippen LogP contribution in [0.1, 0.15) is 24.0 Å². The molecule has 0 unspecified atom stereocenters. The Morgan fingerprint density at radius 2 is 1.80 bits per heavy atom. The summed E-state index contributed by atoms with van der Waals surface area (Å²) < 4.78 is 59.1. The molecule has 5 rings (SSSR count). The summed E-state index contributed by atoms with van der Waals surface area (Å²) in [5, 5.41) is 19.7. The Bertz CT molecular complexity index is 1570. The molecule has 0 bridgehead atoms. The van der Waals surface area contributed by atoms with Gasteiger partial charge in [-0.05, 0) is 67.1 Å². The first kappa shape index (κ1) is 29.1. The Balaban J connectivity index is 0.000000493. The number of carboxylic acid groups (broad SMARTS) is 1. The van der Waals surface area contributed by atoms with Gasteiger partial charge in [0.25, 0.3) is 0 Å². The van der Waals surface area contributed by atoms with E-state index in [1.165, 1.54) is 12.1 Å². The molecule has 2 aromatic heterocycles. The van der Waals surface area contributed by atoms with E-state index in [2.05, 4.69) is 21.3 Å². The number of pyridine rings is 1. The Kier molecular flexibility index (Phi) is 8.91. The first-order chi connectivity index (χ1) is 19.5. The van der Waals surface area contributed by atoms with Gasteiger partial charge in [-0.3, -0.25) is 4.98 Å². The summed E-state index contributed by atoms with van der Waals surface area (Å²) in [7, 11) is 0. The van der Waals surface area contributed by atoms with Crippen LogP contribution < -0.4 is 10.2 Å². The molecular weight excluding hydrogens is 547 g/mol. The van der Waals surface area contributed by atoms with E-state index in [0.717, 1.165) is 37.7 Å². The number of benzene rings is 2. The molecule has 2 N–H and O–H groups in total. The summed E-state index contributed by atoms with van der Waals surface area (Å²) in [5.41, 5.74) is 3.22. The summed E-state index contributed by atoms with van der Waals surface area (Å²) in [6.07, 6.45) is 0.617. The van der Waals surface area contributed by atoms with E-state index in [0.29, 0.717) is 46.1 Å². The van der Waals surface area contributed by atoms with E-state index < -0.39 is 23.8 Å². The van der Waals surface area contributed by atoms with Gasteiger partial charge in [-0.2, -0.15) is 18.4 Å². The van der Waals surface area contributed by atoms with Gasteiger partial charge in [-0.25, -0.2) is 23.5 Å². The highest BCUT2D eigenvalue weighted by atomic mass is 19.4. The fourth-order valence-electron chi connectivity index (χ4n) is 4.34. The fourth-order valence-corrected chi connectivity index (χ4v) is 4.34. The maximum atomic E-state index is 14.1. The molecule has 41 heavy (non-hydrogen) atoms. The molecule has 0 spiro atoms. The SMILES string of the molecule is N#Cc1ccc2nc(Nc3cccnc3)c(N3CCC(Cc4ccc(F)cc4F)CC3)nc2c1.O=C(O)C(F)(F)F. The number of nitrogens with one attached hydrogen (secondary N) is 1. The van der Waals surface area contributed by atoms with Gasteiger partial charge in [0.1, 0.15) is 11.6 Å². The summed E-state index contributed by atoms with van der Waals surface area (Å²) in [6.45, 7) is 1.46. The molecule has 0 radical (unpaired) electrons. The van der Waals surface area contributed by atoms with Crippen LogP contribution in [0, 0.1) is 28.9 Å². The third-order valence-corrected chi connectivity index (χ3v) is 6.38. The number of nitriles is 1. The van der Waals surface area contributed by atoms with Crippen molar-refractivity contribution in [2.45, 2.75) is 25.4 Å². The molecule has 1 saturated heterocycles. The second-order valence-electron chi connectivity index (χ2n) is 9.25. The molecular formula is C28H23F5N6O2. The lowest BCUT2D eigenvalue weighted by atomic mass is 9.90. The normalized spacial score (nSPS) is 13.7. The molecule has 1 aliphatic heterocycles. The van der Waals surface area contributed by atoms with Crippen LogP contribution >= 0.6 is 0 Å². The topological polar surface area (TPSA) is 115 Å². The Morgan fingerprint density at radius 1 is 1.07 bits per heavy atom. The number of hydrogen-bond donors (Lipinski definition) is 2. The number of hydrogen-bond acceptors (Lipinski definition) is 7. The molecule has 0 amide bonds. The molecule has 2 aromatic carbocycles. The third-order valence-electron chi connectivity index (χ3n) is 6.38. The molecule has 212 valence electrons. The Labute approximate surface area is 231 Å². The van der Waals surface area contributed by atoms with Crippen LogP contribution in [0.2, 0.25) is 0 Å². The van der Waals surface area contributed by atoms with Gasteiger partial charge < -0.3 is 15.3 Å². The lowest BCUT2D eigenvalue weighted by Gasteiger charge is -2.33. The number of halogens is 5. The zero-order chi connectivity index (χ0) is 29.6. The van der Waals surface area contributed by atoms with Crippen LogP contribution in [0.5, 0.6) is 0 Å². The first-order valence-electron chi connectivity index (χ1n) is 12.4. The summed E-state index contributed by atoms with van der Waals surface area (Å²) >= 11 is 0. The van der Waals surface area contributed by atoms with E-state index >= 15 is 0 Å². The van der Waals surface area contributed by atoms with Crippen LogP contribution in [0.4, 0.5) is 39.3 Å². The van der Waals surface area contributed by atoms with Crippen LogP contribution in [0.15, 0.2) is 60.9 Å². The minimum atomic E-state index is -5.08. The van der Waals surface area contributed by atoms with Gasteiger partial charge in [-0.15, -0.1) is 0 Å². The maximum absolute atomic E-state index is 14.1. The molecule has 1 fully saturated rings. The predicted molar refractivity (Wildman–Crippen MR) is 140 cm³/mol. The minimum absolute atomic E-state index is 0.296. The summed E-state index contributed by atoms with van der Waals surface area (Å²) in [5.74, 6) is -2.18. The number of nitrogens with zero attached hydrogens (tertiary/aromatic N) is 5. The monoisotopic (exact) mass is 570 g/mol. The fraction of sp³-hybridized carbons (Fsp3) is 0.250. The Hall–Kier alpha value is -4.86. The average Bonchev–Trinajstić information content (AvgIpc) is 2.95. The second-order valence-corrected chi connectivity index (χ2v) is 9.25. The van der Waals surface area contributed by atoms with Crippen LogP contribution in [-0.4, -0.2) is 45.3 Å². The quantitative estimate of drug-likeness (QED) is 0.281. The third kappa shape index (κ3) is 7.63. The van der Waals surface area contributed by atoms with E-state index in [9.17, 15) is 27.2 Å². The zero-order valence-corrected chi connectivity index (χ0v) is 21.4. The van der Waals surface area contributed by atoms with Crippen molar-refractivity contribution in [1.29, 1.82) is 5.26 Å². The van der Waals surface area contributed by atoms with Crippen molar-refractivity contribution in [2.75, 3.05) is 23.3 Å². The number of anilines is 3. The van der Waals surface area contributed by atoms with Crippen molar-refractivity contribution in [3.63, 3.8) is 0 Å². The predicted octanol–water partition coefficient (Wildman–Crippen LogP) is 6.01. The number of piperidine rings is 1. The highest BCUT2D eigenvalue weighted by Gasteiger charge is 2.38. The second kappa shape index (κ2) is 12.5. The van der Waals surface area contributed by atoms with Crippen molar-refractivity contribution in [3.8, 4) is 6.07 Å². The first-order valence-corrected chi connectivity index (χ1v) is 12.4. The molecule has 3 heterocycles. The van der Waals surface area contributed by atoms with Crippen LogP contribution in [0.3, 0.4) is 0 Å². The van der Waals surface area contributed by atoms with E-state index in [1.54, 1.807) is 30.6 Å². The molecule has 13 heteroatoms. The number of alkyl halides is 3. The molecule has 0 saturated carbocycles. The van der Waals surface area contributed by atoms with Gasteiger partial charge in [0.2, 0.25) is 0 Å². The van der Waals surface area contributed by atoms with E-state index in [1.807, 2.05) is 12.1 Å². The maximum Gasteiger partial charge on any atom is 0.490 e. The molecule has 1 aliphatic rings. The van der Waals surface area contributed by atoms with Gasteiger partial charge in [0.05, 0.1) is 34.6 Å². The standard InChI is InChI=1S/C26H22F2N6.C2HF3O2/c27-20-5-4-19(22(28)14-20)12-17-7-10-34(11-8-17)26-25(31-21-2-1-9-30-16-21)32-23-6-3-18(15-29)13-24(23)33-26;3-2(4,5)1(6)7/h1-6,9,13-14,16-17H,7-8,10-12H2,(H,31,32);(H,6,7). The number of aromatic nitrogens is 3. The molecule has 8 nitrogen and oxygen atoms in total. The molecule has 4 aromatic rings. The molecule has 0 aliphatic carbocycles. The molecule has 0 atom stereocenters. The van der Waals surface area contributed by atoms with Crippen LogP contribution in [0.25, 0.3) is 11.0 Å². The van der Waals surface area contributed by atoms with Gasteiger partial charge in [-0.1, -0.05) is 6.07 Å². The largest absolute Gasteiger partial charge is 0.490 e. The minimum Gasteiger partial charge on any atom is -0.475 e. The smallest absolute Gasteiger partial charge is 0.475 e. The van der Waals surface area contributed by atoms with Gasteiger partial charge >= 0.3 is 12.1 Å². The number of fused-ring (bicyclic) bond motifs is 1. The lowest BCUT2D eigenvalue weighted by molar-refractivity contribution is -0.192.